The van der Waals surface area contributed by atoms with Gasteiger partial charge < -0.3 is 9.84 Å². The third kappa shape index (κ3) is 6.16. The standard InChI is InChI=1S/C15H14O2.C14H14O/c1-17-15(16)14(12-8-4-2-5-9-12)13-10-6-3-7-11-13;15-11-14(12-7-3-1-4-8-12)13-9-5-2-6-10-13/h2-11,14H,1H3;1-10,14-15H,11H2. The minimum Gasteiger partial charge on any atom is -0.468 e. The molecular formula is C29H28O3. The molecule has 1 N–H and O–H groups in total. The Morgan fingerprint density at radius 1 is 0.625 bits per heavy atom. The molecule has 4 aromatic rings. The lowest BCUT2D eigenvalue weighted by Gasteiger charge is -2.15. The van der Waals surface area contributed by atoms with E-state index in [0.717, 1.165) is 22.3 Å². The quantitative estimate of drug-likeness (QED) is 0.398. The Morgan fingerprint density at radius 2 is 0.938 bits per heavy atom. The molecule has 0 atom stereocenters. The van der Waals surface area contributed by atoms with Gasteiger partial charge in [-0.1, -0.05) is 121 Å². The van der Waals surface area contributed by atoms with Crippen LogP contribution in [0.15, 0.2) is 121 Å². The van der Waals surface area contributed by atoms with Crippen molar-refractivity contribution in [2.24, 2.45) is 0 Å². The van der Waals surface area contributed by atoms with E-state index in [4.69, 9.17) is 4.74 Å². The van der Waals surface area contributed by atoms with Gasteiger partial charge in [-0.3, -0.25) is 4.79 Å². The highest BCUT2D eigenvalue weighted by Gasteiger charge is 2.22. The molecule has 4 rings (SSSR count). The molecule has 0 spiro atoms. The average Bonchev–Trinajstić information content (AvgIpc) is 2.88. The van der Waals surface area contributed by atoms with E-state index in [2.05, 4.69) is 0 Å². The van der Waals surface area contributed by atoms with E-state index >= 15 is 0 Å². The number of methoxy groups -OCH3 is 1. The SMILES string of the molecule is COC(=O)C(c1ccccc1)c1ccccc1.OCC(c1ccccc1)c1ccccc1. The second-order valence-corrected chi connectivity index (χ2v) is 7.33. The summed E-state index contributed by atoms with van der Waals surface area (Å²) in [5, 5.41) is 9.43. The van der Waals surface area contributed by atoms with Crippen molar-refractivity contribution in [3.05, 3.63) is 144 Å². The maximum absolute atomic E-state index is 11.9. The number of aliphatic hydroxyl groups excluding tert-OH is 1. The van der Waals surface area contributed by atoms with Crippen LogP contribution in [0.3, 0.4) is 0 Å². The molecule has 0 aliphatic heterocycles. The van der Waals surface area contributed by atoms with Gasteiger partial charge in [-0.2, -0.15) is 0 Å². The number of hydrogen-bond donors (Lipinski definition) is 1. The van der Waals surface area contributed by atoms with Crippen LogP contribution in [0.2, 0.25) is 0 Å². The molecule has 0 saturated carbocycles. The molecule has 0 saturated heterocycles. The van der Waals surface area contributed by atoms with Gasteiger partial charge in [0.15, 0.2) is 0 Å². The second kappa shape index (κ2) is 12.2. The molecule has 3 nitrogen and oxygen atoms in total. The van der Waals surface area contributed by atoms with Crippen LogP contribution in [0.1, 0.15) is 34.1 Å². The lowest BCUT2D eigenvalue weighted by atomic mass is 9.91. The van der Waals surface area contributed by atoms with E-state index in [1.165, 1.54) is 7.11 Å². The van der Waals surface area contributed by atoms with Crippen molar-refractivity contribution in [3.63, 3.8) is 0 Å². The van der Waals surface area contributed by atoms with Crippen molar-refractivity contribution >= 4 is 5.97 Å². The molecule has 0 aliphatic rings. The summed E-state index contributed by atoms with van der Waals surface area (Å²) in [6.07, 6.45) is 0. The number of benzene rings is 4. The van der Waals surface area contributed by atoms with Gasteiger partial charge in [0.1, 0.15) is 5.92 Å². The van der Waals surface area contributed by atoms with E-state index in [0.29, 0.717) is 0 Å². The van der Waals surface area contributed by atoms with Gasteiger partial charge in [0.05, 0.1) is 13.7 Å². The van der Waals surface area contributed by atoms with Crippen LogP contribution in [-0.4, -0.2) is 24.8 Å². The molecule has 3 heteroatoms. The number of ether oxygens (including phenoxy) is 1. The summed E-state index contributed by atoms with van der Waals surface area (Å²) in [6, 6.07) is 39.5. The predicted octanol–water partition coefficient (Wildman–Crippen LogP) is 5.80. The minimum absolute atomic E-state index is 0.0902. The Balaban J connectivity index is 0.000000182. The van der Waals surface area contributed by atoms with Crippen molar-refractivity contribution in [2.75, 3.05) is 13.7 Å². The molecule has 32 heavy (non-hydrogen) atoms. The van der Waals surface area contributed by atoms with E-state index in [-0.39, 0.29) is 24.4 Å². The van der Waals surface area contributed by atoms with E-state index in [1.807, 2.05) is 121 Å². The Hall–Kier alpha value is -3.69. The Bertz CT molecular complexity index is 970. The van der Waals surface area contributed by atoms with Gasteiger partial charge in [-0.05, 0) is 22.3 Å². The fraction of sp³-hybridized carbons (Fsp3) is 0.138. The highest BCUT2D eigenvalue weighted by molar-refractivity contribution is 5.82. The Morgan fingerprint density at radius 3 is 1.22 bits per heavy atom. The minimum atomic E-state index is -0.345. The molecule has 0 heterocycles. The first kappa shape index (κ1) is 23.0. The number of hydrogen-bond acceptors (Lipinski definition) is 3. The molecule has 0 fully saturated rings. The van der Waals surface area contributed by atoms with Crippen molar-refractivity contribution < 1.29 is 14.6 Å². The molecule has 162 valence electrons. The summed E-state index contributed by atoms with van der Waals surface area (Å²) in [5.74, 6) is -0.489. The third-order valence-corrected chi connectivity index (χ3v) is 5.29. The molecular weight excluding hydrogens is 396 g/mol. The lowest BCUT2D eigenvalue weighted by molar-refractivity contribution is -0.141. The zero-order chi connectivity index (χ0) is 22.6. The zero-order valence-electron chi connectivity index (χ0n) is 18.2. The van der Waals surface area contributed by atoms with Gasteiger partial charge in [-0.15, -0.1) is 0 Å². The van der Waals surface area contributed by atoms with Gasteiger partial charge >= 0.3 is 5.97 Å². The van der Waals surface area contributed by atoms with Crippen LogP contribution in [0, 0.1) is 0 Å². The smallest absolute Gasteiger partial charge is 0.317 e. The second-order valence-electron chi connectivity index (χ2n) is 7.33. The van der Waals surface area contributed by atoms with Gasteiger partial charge in [0, 0.05) is 5.92 Å². The lowest BCUT2D eigenvalue weighted by Crippen LogP contribution is -2.15. The van der Waals surface area contributed by atoms with Crippen LogP contribution >= 0.6 is 0 Å². The summed E-state index contributed by atoms with van der Waals surface area (Å²) < 4.78 is 4.88. The predicted molar refractivity (Wildman–Crippen MR) is 129 cm³/mol. The first-order chi connectivity index (χ1) is 15.7. The highest BCUT2D eigenvalue weighted by Crippen LogP contribution is 2.25. The van der Waals surface area contributed by atoms with E-state index < -0.39 is 0 Å². The summed E-state index contributed by atoms with van der Waals surface area (Å²) in [6.45, 7) is 0.147. The van der Waals surface area contributed by atoms with Crippen LogP contribution in [0.5, 0.6) is 0 Å². The fourth-order valence-corrected chi connectivity index (χ4v) is 3.65. The summed E-state index contributed by atoms with van der Waals surface area (Å²) in [7, 11) is 1.42. The first-order valence-electron chi connectivity index (χ1n) is 10.6. The third-order valence-electron chi connectivity index (χ3n) is 5.29. The van der Waals surface area contributed by atoms with Crippen LogP contribution < -0.4 is 0 Å². The molecule has 0 amide bonds. The zero-order valence-corrected chi connectivity index (χ0v) is 18.2. The summed E-state index contributed by atoms with van der Waals surface area (Å²) in [4.78, 5) is 11.9. The van der Waals surface area contributed by atoms with Gasteiger partial charge in [0.25, 0.3) is 0 Å². The van der Waals surface area contributed by atoms with Crippen LogP contribution in [0.25, 0.3) is 0 Å². The molecule has 4 aromatic carbocycles. The van der Waals surface area contributed by atoms with Crippen molar-refractivity contribution in [1.82, 2.24) is 0 Å². The topological polar surface area (TPSA) is 46.5 Å². The number of carbonyl (C=O) groups excluding carboxylic acids is 1. The normalized spacial score (nSPS) is 10.4. The molecule has 0 unspecified atom stereocenters. The van der Waals surface area contributed by atoms with Crippen LogP contribution in [0.4, 0.5) is 0 Å². The number of esters is 1. The summed E-state index contributed by atoms with van der Waals surface area (Å²) >= 11 is 0. The first-order valence-corrected chi connectivity index (χ1v) is 10.6. The average molecular weight is 425 g/mol. The molecule has 0 bridgehead atoms. The maximum atomic E-state index is 11.9. The van der Waals surface area contributed by atoms with Gasteiger partial charge in [-0.25, -0.2) is 0 Å². The fourth-order valence-electron chi connectivity index (χ4n) is 3.65. The largest absolute Gasteiger partial charge is 0.468 e. The Labute approximate surface area is 190 Å². The highest BCUT2D eigenvalue weighted by atomic mass is 16.5. The van der Waals surface area contributed by atoms with Crippen molar-refractivity contribution in [1.29, 1.82) is 0 Å². The number of carbonyl (C=O) groups is 1. The molecule has 0 aliphatic carbocycles. The monoisotopic (exact) mass is 424 g/mol. The van der Waals surface area contributed by atoms with Crippen molar-refractivity contribution in [2.45, 2.75) is 11.8 Å². The van der Waals surface area contributed by atoms with Crippen molar-refractivity contribution in [3.8, 4) is 0 Å². The maximum Gasteiger partial charge on any atom is 0.317 e. The van der Waals surface area contributed by atoms with Crippen LogP contribution in [-0.2, 0) is 9.53 Å². The molecule has 0 aromatic heterocycles. The number of rotatable bonds is 6. The van der Waals surface area contributed by atoms with Gasteiger partial charge in [0.2, 0.25) is 0 Å². The van der Waals surface area contributed by atoms with E-state index in [9.17, 15) is 9.90 Å². The molecule has 0 radical (unpaired) electrons. The Kier molecular flexibility index (Phi) is 8.79. The summed E-state index contributed by atoms with van der Waals surface area (Å²) in [5.41, 5.74) is 4.22. The number of aliphatic hydroxyl groups is 1. The van der Waals surface area contributed by atoms with E-state index in [1.54, 1.807) is 0 Å².